The molecule has 1 aliphatic rings. The minimum atomic E-state index is -4.55. The Balaban J connectivity index is 1.58. The van der Waals surface area contributed by atoms with Crippen LogP contribution in [0.15, 0.2) is 30.3 Å². The molecule has 2 unspecified atom stereocenters. The normalized spacial score (nSPS) is 16.0. The molecule has 1 aliphatic heterocycles. The lowest BCUT2D eigenvalue weighted by molar-refractivity contribution is -0.153. The Morgan fingerprint density at radius 3 is 2.68 bits per heavy atom. The Morgan fingerprint density at radius 2 is 2.00 bits per heavy atom. The van der Waals surface area contributed by atoms with E-state index in [4.69, 9.17) is 10.5 Å². The topological polar surface area (TPSA) is 97.1 Å². The van der Waals surface area contributed by atoms with Crippen LogP contribution in [0.5, 0.6) is 11.5 Å². The summed E-state index contributed by atoms with van der Waals surface area (Å²) in [6.07, 6.45) is -2.57. The predicted octanol–water partition coefficient (Wildman–Crippen LogP) is 3.60. The van der Waals surface area contributed by atoms with Gasteiger partial charge in [0.05, 0.1) is 11.3 Å². The number of nitrogens with one attached hydrogen (secondary N) is 1. The molecule has 11 heteroatoms. The summed E-state index contributed by atoms with van der Waals surface area (Å²) in [6.45, 7) is 3.69. The Hall–Kier alpha value is -3.05. The van der Waals surface area contributed by atoms with E-state index in [1.165, 1.54) is 6.07 Å². The van der Waals surface area contributed by atoms with E-state index >= 15 is 0 Å². The van der Waals surface area contributed by atoms with Crippen molar-refractivity contribution in [2.45, 2.75) is 51.4 Å². The molecule has 0 aliphatic carbocycles. The van der Waals surface area contributed by atoms with Crippen LogP contribution >= 0.6 is 0 Å². The van der Waals surface area contributed by atoms with Gasteiger partial charge >= 0.3 is 6.18 Å². The molecule has 204 valence electrons. The third-order valence-electron chi connectivity index (χ3n) is 6.10. The van der Waals surface area contributed by atoms with Gasteiger partial charge in [0.25, 0.3) is 5.91 Å². The molecular weight excluding hydrogens is 494 g/mol. The number of amides is 1. The van der Waals surface area contributed by atoms with E-state index in [1.54, 1.807) is 0 Å². The highest BCUT2D eigenvalue weighted by molar-refractivity contribution is 6.00. The highest BCUT2D eigenvalue weighted by Crippen LogP contribution is 2.37. The zero-order chi connectivity index (χ0) is 27.2. The zero-order valence-electron chi connectivity index (χ0n) is 20.9. The number of carbonyl (C=O) groups is 1. The van der Waals surface area contributed by atoms with E-state index in [2.05, 4.69) is 27.9 Å². The lowest BCUT2D eigenvalue weighted by atomic mass is 9.97. The fourth-order valence-corrected chi connectivity index (χ4v) is 4.55. The molecule has 2 aromatic rings. The van der Waals surface area contributed by atoms with Crippen molar-refractivity contribution in [2.24, 2.45) is 5.73 Å². The monoisotopic (exact) mass is 527 g/mol. The summed E-state index contributed by atoms with van der Waals surface area (Å²) < 4.78 is 61.1. The largest absolute Gasteiger partial charge is 0.488 e. The first-order valence-electron chi connectivity index (χ1n) is 12.2. The molecule has 0 saturated carbocycles. The Kier molecular flexibility index (Phi) is 9.61. The first kappa shape index (κ1) is 28.5. The van der Waals surface area contributed by atoms with E-state index in [1.807, 2.05) is 13.0 Å². The second kappa shape index (κ2) is 12.5. The lowest BCUT2D eigenvalue weighted by Gasteiger charge is -2.26. The highest BCUT2D eigenvalue weighted by atomic mass is 19.4. The van der Waals surface area contributed by atoms with Crippen LogP contribution in [-0.2, 0) is 12.8 Å². The maximum Gasteiger partial charge on any atom is 0.422 e. The summed E-state index contributed by atoms with van der Waals surface area (Å²) in [6, 6.07) is 7.23. The molecule has 0 radical (unpaired) electrons. The maximum absolute atomic E-state index is 13.5. The summed E-state index contributed by atoms with van der Waals surface area (Å²) in [5.74, 6) is -1.53. The van der Waals surface area contributed by atoms with E-state index in [0.29, 0.717) is 31.5 Å². The van der Waals surface area contributed by atoms with Crippen molar-refractivity contribution in [3.8, 4) is 11.5 Å². The van der Waals surface area contributed by atoms with Gasteiger partial charge in [-0.25, -0.2) is 4.39 Å². The first-order valence-corrected chi connectivity index (χ1v) is 12.2. The van der Waals surface area contributed by atoms with Gasteiger partial charge in [-0.15, -0.1) is 0 Å². The van der Waals surface area contributed by atoms with Gasteiger partial charge in [-0.05, 0) is 62.4 Å². The second-order valence-electron chi connectivity index (χ2n) is 9.24. The maximum atomic E-state index is 13.5. The standard InChI is InChI=1S/C26H33F4N3O4/c1-16(32-6-9-36-22-5-4-20(27)14-23(22)37-15-26(28,29)30)10-18-12-19-11-17(2)33(7-3-8-34)24(19)21(13-18)25(31)35/h4-5,12-14,16-17,32,34H,3,6-11,15H2,1-2H3,(H2,31,35). The van der Waals surface area contributed by atoms with E-state index < -0.39 is 24.5 Å². The molecule has 2 atom stereocenters. The van der Waals surface area contributed by atoms with Crippen LogP contribution < -0.4 is 25.4 Å². The van der Waals surface area contributed by atoms with Gasteiger partial charge < -0.3 is 30.5 Å². The summed E-state index contributed by atoms with van der Waals surface area (Å²) in [5.41, 5.74) is 9.01. The molecule has 4 N–H and O–H groups in total. The molecule has 7 nitrogen and oxygen atoms in total. The van der Waals surface area contributed by atoms with Crippen molar-refractivity contribution in [3.05, 3.63) is 52.8 Å². The van der Waals surface area contributed by atoms with Crippen LogP contribution in [0.25, 0.3) is 0 Å². The number of hydrogen-bond donors (Lipinski definition) is 3. The van der Waals surface area contributed by atoms with E-state index in [9.17, 15) is 27.5 Å². The number of rotatable bonds is 13. The zero-order valence-corrected chi connectivity index (χ0v) is 20.9. The smallest absolute Gasteiger partial charge is 0.422 e. The van der Waals surface area contributed by atoms with Crippen molar-refractivity contribution in [2.75, 3.05) is 37.8 Å². The molecule has 37 heavy (non-hydrogen) atoms. The molecule has 0 saturated heterocycles. The summed E-state index contributed by atoms with van der Waals surface area (Å²) in [5, 5.41) is 12.5. The van der Waals surface area contributed by atoms with Crippen molar-refractivity contribution in [1.29, 1.82) is 0 Å². The quantitative estimate of drug-likeness (QED) is 0.272. The minimum Gasteiger partial charge on any atom is -0.488 e. The number of alkyl halides is 3. The first-order chi connectivity index (χ1) is 17.5. The molecule has 0 spiro atoms. The van der Waals surface area contributed by atoms with Gasteiger partial charge in [0, 0.05) is 37.8 Å². The van der Waals surface area contributed by atoms with Crippen LogP contribution in [0, 0.1) is 5.82 Å². The van der Waals surface area contributed by atoms with Crippen LogP contribution in [-0.4, -0.2) is 62.2 Å². The second-order valence-corrected chi connectivity index (χ2v) is 9.24. The number of fused-ring (bicyclic) bond motifs is 1. The van der Waals surface area contributed by atoms with E-state index in [-0.39, 0.29) is 36.8 Å². The number of nitrogens with zero attached hydrogens (tertiary/aromatic N) is 1. The number of carbonyl (C=O) groups excluding carboxylic acids is 1. The van der Waals surface area contributed by atoms with Gasteiger partial charge in [0.1, 0.15) is 12.4 Å². The Morgan fingerprint density at radius 1 is 1.24 bits per heavy atom. The minimum absolute atomic E-state index is 0.0131. The predicted molar refractivity (Wildman–Crippen MR) is 132 cm³/mol. The van der Waals surface area contributed by atoms with Crippen LogP contribution in [0.1, 0.15) is 41.8 Å². The number of benzene rings is 2. The molecular formula is C26H33F4N3O4. The fourth-order valence-electron chi connectivity index (χ4n) is 4.55. The van der Waals surface area contributed by atoms with Gasteiger partial charge in [0.2, 0.25) is 0 Å². The Labute approximate surface area is 213 Å². The number of halogens is 4. The highest BCUT2D eigenvalue weighted by Gasteiger charge is 2.31. The third kappa shape index (κ3) is 7.96. The summed E-state index contributed by atoms with van der Waals surface area (Å²) >= 11 is 0. The summed E-state index contributed by atoms with van der Waals surface area (Å²) in [4.78, 5) is 14.4. The number of hydrogen-bond acceptors (Lipinski definition) is 6. The third-order valence-corrected chi connectivity index (χ3v) is 6.10. The lowest BCUT2D eigenvalue weighted by Crippen LogP contribution is -2.33. The average molecular weight is 528 g/mol. The number of aliphatic hydroxyl groups is 1. The van der Waals surface area contributed by atoms with Crippen molar-refractivity contribution < 1.29 is 36.9 Å². The molecule has 2 aromatic carbocycles. The molecule has 0 fully saturated rings. The van der Waals surface area contributed by atoms with Gasteiger partial charge in [-0.2, -0.15) is 13.2 Å². The fraction of sp³-hybridized carbons (Fsp3) is 0.500. The molecule has 0 aromatic heterocycles. The SMILES string of the molecule is CC(Cc1cc2c(c(C(N)=O)c1)N(CCCO)C(C)C2)NCCOc1ccc(F)cc1OCC(F)(F)F. The van der Waals surface area contributed by atoms with Crippen LogP contribution in [0.3, 0.4) is 0 Å². The average Bonchev–Trinajstić information content (AvgIpc) is 3.13. The van der Waals surface area contributed by atoms with E-state index in [0.717, 1.165) is 35.4 Å². The van der Waals surface area contributed by atoms with Crippen molar-refractivity contribution >= 4 is 11.6 Å². The van der Waals surface area contributed by atoms with Crippen molar-refractivity contribution in [3.63, 3.8) is 0 Å². The molecule has 3 rings (SSSR count). The molecule has 0 bridgehead atoms. The van der Waals surface area contributed by atoms with Crippen LogP contribution in [0.4, 0.5) is 23.2 Å². The van der Waals surface area contributed by atoms with Crippen molar-refractivity contribution in [1.82, 2.24) is 5.32 Å². The number of primary amides is 1. The van der Waals surface area contributed by atoms with Gasteiger partial charge in [-0.3, -0.25) is 4.79 Å². The van der Waals surface area contributed by atoms with Crippen LogP contribution in [0.2, 0.25) is 0 Å². The number of ether oxygens (including phenoxy) is 2. The van der Waals surface area contributed by atoms with Gasteiger partial charge in [0.15, 0.2) is 18.1 Å². The molecule has 1 amide bonds. The molecule has 1 heterocycles. The summed E-state index contributed by atoms with van der Waals surface area (Å²) in [7, 11) is 0. The van der Waals surface area contributed by atoms with Gasteiger partial charge in [-0.1, -0.05) is 6.07 Å². The number of anilines is 1. The Bertz CT molecular complexity index is 1080. The number of nitrogens with two attached hydrogens (primary N) is 1. The number of aliphatic hydroxyl groups excluding tert-OH is 1.